The summed E-state index contributed by atoms with van der Waals surface area (Å²) in [6.45, 7) is 5.90. The van der Waals surface area contributed by atoms with Crippen LogP contribution < -0.4 is 4.90 Å². The summed E-state index contributed by atoms with van der Waals surface area (Å²) in [6, 6.07) is 1.99. The third-order valence-electron chi connectivity index (χ3n) is 6.51. The number of aryl methyl sites for hydroxylation is 2. The van der Waals surface area contributed by atoms with Crippen molar-refractivity contribution in [2.75, 3.05) is 31.1 Å². The number of aliphatic carboxylic acids is 1. The first-order chi connectivity index (χ1) is 12.9. The minimum Gasteiger partial charge on any atom is -0.481 e. The van der Waals surface area contributed by atoms with Gasteiger partial charge in [-0.2, -0.15) is 0 Å². The summed E-state index contributed by atoms with van der Waals surface area (Å²) in [5, 5.41) is 10.0. The van der Waals surface area contributed by atoms with Crippen LogP contribution in [0.15, 0.2) is 6.07 Å². The number of carbonyl (C=O) groups excluding carboxylic acids is 1. The largest absolute Gasteiger partial charge is 0.481 e. The Morgan fingerprint density at radius 1 is 1.26 bits per heavy atom. The highest BCUT2D eigenvalue weighted by Crippen LogP contribution is 2.45. The van der Waals surface area contributed by atoms with E-state index in [-0.39, 0.29) is 17.7 Å². The first-order valence-corrected chi connectivity index (χ1v) is 10.0. The van der Waals surface area contributed by atoms with Crippen molar-refractivity contribution in [1.82, 2.24) is 14.9 Å². The number of nitrogens with zero attached hydrogens (tertiary/aromatic N) is 4. The summed E-state index contributed by atoms with van der Waals surface area (Å²) in [7, 11) is 0. The van der Waals surface area contributed by atoms with Crippen LogP contribution in [0.3, 0.4) is 0 Å². The first kappa shape index (κ1) is 18.2. The molecule has 0 radical (unpaired) electrons. The Morgan fingerprint density at radius 3 is 2.63 bits per heavy atom. The highest BCUT2D eigenvalue weighted by Gasteiger charge is 2.59. The fraction of sp³-hybridized carbons (Fsp3) is 0.700. The molecule has 1 amide bonds. The molecule has 2 atom stereocenters. The number of rotatable bonds is 5. The van der Waals surface area contributed by atoms with Gasteiger partial charge in [0.15, 0.2) is 0 Å². The number of likely N-dealkylation sites (tertiary alicyclic amines) is 1. The van der Waals surface area contributed by atoms with Crippen LogP contribution in [0.1, 0.15) is 44.1 Å². The SMILES string of the molecule is CCCc1cc(N2CC3CN(C(=O)C4CCC4)CC3(C(=O)O)C2)nc(C)n1. The summed E-state index contributed by atoms with van der Waals surface area (Å²) in [5.74, 6) is 0.970. The quantitative estimate of drug-likeness (QED) is 0.849. The van der Waals surface area contributed by atoms with E-state index in [1.165, 1.54) is 0 Å². The maximum Gasteiger partial charge on any atom is 0.313 e. The molecule has 0 bridgehead atoms. The lowest BCUT2D eigenvalue weighted by Crippen LogP contribution is -2.44. The van der Waals surface area contributed by atoms with Gasteiger partial charge in [-0.25, -0.2) is 9.97 Å². The Morgan fingerprint density at radius 2 is 2.04 bits per heavy atom. The van der Waals surface area contributed by atoms with Crippen LogP contribution in [-0.4, -0.2) is 58.0 Å². The predicted octanol–water partition coefficient (Wildman–Crippen LogP) is 1.89. The number of hydrogen-bond acceptors (Lipinski definition) is 5. The Kier molecular flexibility index (Phi) is 4.56. The van der Waals surface area contributed by atoms with E-state index in [1.54, 1.807) is 0 Å². The number of carboxylic acid groups (broad SMARTS) is 1. The normalized spacial score (nSPS) is 27.6. The summed E-state index contributed by atoms with van der Waals surface area (Å²) in [5.41, 5.74) is 0.117. The number of carbonyl (C=O) groups is 2. The van der Waals surface area contributed by atoms with E-state index in [9.17, 15) is 14.7 Å². The number of aromatic nitrogens is 2. The first-order valence-electron chi connectivity index (χ1n) is 10.0. The van der Waals surface area contributed by atoms with Gasteiger partial charge in [-0.15, -0.1) is 0 Å². The molecule has 0 spiro atoms. The van der Waals surface area contributed by atoms with Crippen molar-refractivity contribution in [2.24, 2.45) is 17.3 Å². The van der Waals surface area contributed by atoms with E-state index in [4.69, 9.17) is 0 Å². The predicted molar refractivity (Wildman–Crippen MR) is 100 cm³/mol. The summed E-state index contributed by atoms with van der Waals surface area (Å²) >= 11 is 0. The zero-order valence-electron chi connectivity index (χ0n) is 16.1. The van der Waals surface area contributed by atoms with Gasteiger partial charge in [-0.1, -0.05) is 19.8 Å². The third-order valence-corrected chi connectivity index (χ3v) is 6.51. The molecule has 0 aromatic carbocycles. The molecule has 2 saturated heterocycles. The zero-order chi connectivity index (χ0) is 19.2. The fourth-order valence-electron chi connectivity index (χ4n) is 4.78. The monoisotopic (exact) mass is 372 g/mol. The van der Waals surface area contributed by atoms with Crippen LogP contribution in [0.2, 0.25) is 0 Å². The number of anilines is 1. The highest BCUT2D eigenvalue weighted by molar-refractivity contribution is 5.84. The maximum atomic E-state index is 12.6. The van der Waals surface area contributed by atoms with E-state index in [0.29, 0.717) is 26.2 Å². The molecule has 3 fully saturated rings. The fourth-order valence-corrected chi connectivity index (χ4v) is 4.78. The molecule has 7 heteroatoms. The van der Waals surface area contributed by atoms with Crippen LogP contribution in [0.5, 0.6) is 0 Å². The molecule has 2 unspecified atom stereocenters. The lowest BCUT2D eigenvalue weighted by Gasteiger charge is -2.31. The Labute approximate surface area is 159 Å². The van der Waals surface area contributed by atoms with Gasteiger partial charge in [-0.3, -0.25) is 9.59 Å². The van der Waals surface area contributed by atoms with Gasteiger partial charge in [0.2, 0.25) is 5.91 Å². The number of amides is 1. The standard InChI is InChI=1S/C20H28N4O3/c1-3-5-16-8-17(22-13(2)21-16)23-9-15-10-24(18(25)14-6-4-7-14)12-20(15,11-23)19(26)27/h8,14-15H,3-7,9-12H2,1-2H3,(H,26,27). The minimum absolute atomic E-state index is 0.0519. The van der Waals surface area contributed by atoms with Gasteiger partial charge in [-0.05, 0) is 26.2 Å². The number of fused-ring (bicyclic) bond motifs is 1. The van der Waals surface area contributed by atoms with Crippen molar-refractivity contribution >= 4 is 17.7 Å². The summed E-state index contributed by atoms with van der Waals surface area (Å²) in [4.78, 5) is 37.8. The Balaban J connectivity index is 1.55. The van der Waals surface area contributed by atoms with E-state index >= 15 is 0 Å². The van der Waals surface area contributed by atoms with Crippen molar-refractivity contribution in [2.45, 2.75) is 46.0 Å². The molecular weight excluding hydrogens is 344 g/mol. The second-order valence-corrected chi connectivity index (χ2v) is 8.40. The van der Waals surface area contributed by atoms with Gasteiger partial charge in [0, 0.05) is 49.8 Å². The molecular formula is C20H28N4O3. The van der Waals surface area contributed by atoms with Gasteiger partial charge >= 0.3 is 5.97 Å². The average molecular weight is 372 g/mol. The molecule has 3 aliphatic rings. The van der Waals surface area contributed by atoms with Crippen molar-refractivity contribution in [3.63, 3.8) is 0 Å². The topological polar surface area (TPSA) is 86.6 Å². The molecule has 27 heavy (non-hydrogen) atoms. The molecule has 1 saturated carbocycles. The second-order valence-electron chi connectivity index (χ2n) is 8.40. The number of carboxylic acids is 1. The van der Waals surface area contributed by atoms with E-state index in [2.05, 4.69) is 21.8 Å². The molecule has 3 heterocycles. The average Bonchev–Trinajstić information content (AvgIpc) is 3.08. The van der Waals surface area contributed by atoms with Crippen molar-refractivity contribution in [3.8, 4) is 0 Å². The molecule has 4 rings (SSSR count). The van der Waals surface area contributed by atoms with Crippen molar-refractivity contribution < 1.29 is 14.7 Å². The summed E-state index contributed by atoms with van der Waals surface area (Å²) in [6.07, 6.45) is 4.91. The molecule has 1 aromatic rings. The van der Waals surface area contributed by atoms with Gasteiger partial charge in [0.05, 0.1) is 0 Å². The molecule has 146 valence electrons. The van der Waals surface area contributed by atoms with Crippen LogP contribution in [-0.2, 0) is 16.0 Å². The molecule has 2 aliphatic heterocycles. The molecule has 1 aromatic heterocycles. The summed E-state index contributed by atoms with van der Waals surface area (Å²) < 4.78 is 0. The molecule has 7 nitrogen and oxygen atoms in total. The number of hydrogen-bond donors (Lipinski definition) is 1. The second kappa shape index (κ2) is 6.77. The van der Waals surface area contributed by atoms with Crippen molar-refractivity contribution in [3.05, 3.63) is 17.6 Å². The van der Waals surface area contributed by atoms with Crippen LogP contribution in [0.4, 0.5) is 5.82 Å². The minimum atomic E-state index is -0.886. The highest BCUT2D eigenvalue weighted by atomic mass is 16.4. The van der Waals surface area contributed by atoms with Crippen LogP contribution in [0.25, 0.3) is 0 Å². The Bertz CT molecular complexity index is 764. The van der Waals surface area contributed by atoms with Gasteiger partial charge < -0.3 is 14.9 Å². The maximum absolute atomic E-state index is 12.6. The molecule has 1 aliphatic carbocycles. The van der Waals surface area contributed by atoms with Crippen LogP contribution >= 0.6 is 0 Å². The van der Waals surface area contributed by atoms with Gasteiger partial charge in [0.25, 0.3) is 0 Å². The zero-order valence-corrected chi connectivity index (χ0v) is 16.1. The third kappa shape index (κ3) is 3.07. The van der Waals surface area contributed by atoms with E-state index in [1.807, 2.05) is 17.9 Å². The van der Waals surface area contributed by atoms with Crippen molar-refractivity contribution in [1.29, 1.82) is 0 Å². The van der Waals surface area contributed by atoms with E-state index in [0.717, 1.165) is 49.4 Å². The molecule has 1 N–H and O–H groups in total. The van der Waals surface area contributed by atoms with Gasteiger partial charge in [0.1, 0.15) is 17.1 Å². The Hall–Kier alpha value is -2.18. The lowest BCUT2D eigenvalue weighted by atomic mass is 9.81. The lowest BCUT2D eigenvalue weighted by molar-refractivity contribution is -0.149. The smallest absolute Gasteiger partial charge is 0.313 e. The van der Waals surface area contributed by atoms with Crippen LogP contribution in [0, 0.1) is 24.2 Å². The van der Waals surface area contributed by atoms with E-state index < -0.39 is 11.4 Å².